The number of carbonyl (C=O) groups is 2. The molecule has 0 atom stereocenters. The number of hydrogen-bond donors (Lipinski definition) is 2. The topological polar surface area (TPSA) is 75.4 Å². The van der Waals surface area contributed by atoms with Crippen molar-refractivity contribution >= 4 is 56.5 Å². The Bertz CT molecular complexity index is 596. The third-order valence-corrected chi connectivity index (χ3v) is 6.06. The van der Waals surface area contributed by atoms with Gasteiger partial charge in [0.25, 0.3) is 5.91 Å². The van der Waals surface area contributed by atoms with E-state index in [1.54, 1.807) is 4.90 Å². The van der Waals surface area contributed by atoms with Gasteiger partial charge in [-0.15, -0.1) is 11.3 Å². The van der Waals surface area contributed by atoms with Crippen molar-refractivity contribution in [1.29, 1.82) is 0 Å². The summed E-state index contributed by atoms with van der Waals surface area (Å²) in [6.07, 6.45) is 2.86. The van der Waals surface area contributed by atoms with Crippen molar-refractivity contribution in [3.8, 4) is 0 Å². The van der Waals surface area contributed by atoms with Crippen molar-refractivity contribution in [1.82, 2.24) is 4.90 Å². The molecule has 0 fully saturated rings. The van der Waals surface area contributed by atoms with Crippen LogP contribution in [0.5, 0.6) is 0 Å². The van der Waals surface area contributed by atoms with Crippen LogP contribution in [0, 0.1) is 0 Å². The summed E-state index contributed by atoms with van der Waals surface area (Å²) in [5.74, 6) is -0.426. The van der Waals surface area contributed by atoms with E-state index in [0.29, 0.717) is 14.9 Å². The highest BCUT2D eigenvalue weighted by molar-refractivity contribution is 8.23. The number of fused-ring (bicyclic) bond motifs is 1. The van der Waals surface area contributed by atoms with E-state index in [1.165, 1.54) is 23.1 Å². The number of thioether (sulfide) groups is 1. The molecule has 21 heavy (non-hydrogen) atoms. The second-order valence-electron chi connectivity index (χ2n) is 4.92. The van der Waals surface area contributed by atoms with Gasteiger partial charge in [-0.2, -0.15) is 0 Å². The lowest BCUT2D eigenvalue weighted by atomic mass is 10.1. The Hall–Kier alpha value is -1.12. The number of thiophene rings is 1. The summed E-state index contributed by atoms with van der Waals surface area (Å²) in [4.78, 5) is 26.6. The second kappa shape index (κ2) is 6.76. The van der Waals surface area contributed by atoms with E-state index in [0.717, 1.165) is 29.7 Å². The summed E-state index contributed by atoms with van der Waals surface area (Å²) in [6, 6.07) is 0. The smallest absolute Gasteiger partial charge is 0.251 e. The molecule has 2 rings (SSSR count). The van der Waals surface area contributed by atoms with E-state index in [2.05, 4.69) is 5.32 Å². The van der Waals surface area contributed by atoms with E-state index in [4.69, 9.17) is 18.0 Å². The first-order chi connectivity index (χ1) is 9.90. The minimum atomic E-state index is -0.471. The molecule has 0 saturated carbocycles. The van der Waals surface area contributed by atoms with Crippen LogP contribution in [0.3, 0.4) is 0 Å². The average Bonchev–Trinajstić information content (AvgIpc) is 2.95. The third-order valence-electron chi connectivity index (χ3n) is 3.11. The van der Waals surface area contributed by atoms with Crippen LogP contribution in [0.25, 0.3) is 0 Å². The number of thiocarbonyl (C=S) groups is 1. The van der Waals surface area contributed by atoms with Gasteiger partial charge in [-0.05, 0) is 24.8 Å². The number of amides is 2. The summed E-state index contributed by atoms with van der Waals surface area (Å²) >= 11 is 7.87. The SMILES string of the molecule is CN(C)C(=S)SCC(=O)Nc1sc2c(c1C(N)=O)CCC2. The number of hydrogen-bond acceptors (Lipinski definition) is 5. The molecule has 2 amide bonds. The van der Waals surface area contributed by atoms with E-state index in [9.17, 15) is 9.59 Å². The Kier molecular flexibility index (Phi) is 5.23. The Balaban J connectivity index is 2.05. The molecule has 0 aliphatic heterocycles. The molecule has 1 aliphatic rings. The predicted molar refractivity (Wildman–Crippen MR) is 92.2 cm³/mol. The van der Waals surface area contributed by atoms with E-state index in [1.807, 2.05) is 14.1 Å². The summed E-state index contributed by atoms with van der Waals surface area (Å²) in [5.41, 5.74) is 6.95. The number of nitrogens with zero attached hydrogens (tertiary/aromatic N) is 1. The first-order valence-electron chi connectivity index (χ1n) is 6.48. The predicted octanol–water partition coefficient (Wildman–Crippen LogP) is 1.85. The van der Waals surface area contributed by atoms with Crippen molar-refractivity contribution in [2.24, 2.45) is 5.73 Å². The van der Waals surface area contributed by atoms with Crippen LogP contribution in [0.15, 0.2) is 0 Å². The number of nitrogens with two attached hydrogens (primary N) is 1. The molecule has 0 radical (unpaired) electrons. The van der Waals surface area contributed by atoms with E-state index < -0.39 is 5.91 Å². The molecular formula is C13H17N3O2S3. The molecule has 1 aromatic heterocycles. The molecule has 0 aromatic carbocycles. The molecule has 1 aromatic rings. The molecule has 0 saturated heterocycles. The largest absolute Gasteiger partial charge is 0.365 e. The van der Waals surface area contributed by atoms with Gasteiger partial charge >= 0.3 is 0 Å². The van der Waals surface area contributed by atoms with Gasteiger partial charge in [0.2, 0.25) is 5.91 Å². The van der Waals surface area contributed by atoms with Crippen LogP contribution >= 0.6 is 35.3 Å². The Morgan fingerprint density at radius 2 is 2.14 bits per heavy atom. The highest BCUT2D eigenvalue weighted by Gasteiger charge is 2.26. The Labute approximate surface area is 137 Å². The molecule has 0 spiro atoms. The van der Waals surface area contributed by atoms with Gasteiger partial charge in [0.05, 0.1) is 11.3 Å². The summed E-state index contributed by atoms with van der Waals surface area (Å²) in [5, 5.41) is 3.37. The van der Waals surface area contributed by atoms with Crippen LogP contribution < -0.4 is 11.1 Å². The Morgan fingerprint density at radius 3 is 2.76 bits per heavy atom. The van der Waals surface area contributed by atoms with Crippen LogP contribution in [0.2, 0.25) is 0 Å². The number of aryl methyl sites for hydroxylation is 1. The van der Waals surface area contributed by atoms with Gasteiger partial charge in [-0.3, -0.25) is 9.59 Å². The second-order valence-corrected chi connectivity index (χ2v) is 7.64. The number of rotatable bonds is 4. The Morgan fingerprint density at radius 1 is 1.43 bits per heavy atom. The lowest BCUT2D eigenvalue weighted by molar-refractivity contribution is -0.113. The van der Waals surface area contributed by atoms with E-state index in [-0.39, 0.29) is 11.7 Å². The number of nitrogens with one attached hydrogen (secondary N) is 1. The number of anilines is 1. The minimum absolute atomic E-state index is 0.174. The maximum atomic E-state index is 12.0. The van der Waals surface area contributed by atoms with Crippen molar-refractivity contribution in [3.05, 3.63) is 16.0 Å². The van der Waals surface area contributed by atoms with Crippen molar-refractivity contribution in [2.45, 2.75) is 19.3 Å². The molecular weight excluding hydrogens is 326 g/mol. The molecule has 0 unspecified atom stereocenters. The maximum Gasteiger partial charge on any atom is 0.251 e. The molecule has 114 valence electrons. The van der Waals surface area contributed by atoms with Crippen LogP contribution in [0.1, 0.15) is 27.2 Å². The first kappa shape index (κ1) is 16.3. The van der Waals surface area contributed by atoms with Crippen LogP contribution in [-0.2, 0) is 17.6 Å². The summed E-state index contributed by atoms with van der Waals surface area (Å²) in [7, 11) is 3.67. The van der Waals surface area contributed by atoms with Gasteiger partial charge in [0.1, 0.15) is 9.32 Å². The quantitative estimate of drug-likeness (QED) is 0.816. The monoisotopic (exact) mass is 343 g/mol. The highest BCUT2D eigenvalue weighted by Crippen LogP contribution is 2.38. The average molecular weight is 343 g/mol. The molecule has 0 bridgehead atoms. The van der Waals surface area contributed by atoms with Gasteiger partial charge < -0.3 is 16.0 Å². The normalized spacial score (nSPS) is 12.9. The molecule has 3 N–H and O–H groups in total. The fourth-order valence-electron chi connectivity index (χ4n) is 2.17. The first-order valence-corrected chi connectivity index (χ1v) is 8.69. The van der Waals surface area contributed by atoms with E-state index >= 15 is 0 Å². The number of primary amides is 1. The fourth-order valence-corrected chi connectivity index (χ4v) is 4.24. The molecule has 1 aliphatic carbocycles. The van der Waals surface area contributed by atoms with Crippen LogP contribution in [-0.4, -0.2) is 40.9 Å². The molecule has 5 nitrogen and oxygen atoms in total. The van der Waals surface area contributed by atoms with Crippen LogP contribution in [0.4, 0.5) is 5.00 Å². The lowest BCUT2D eigenvalue weighted by Gasteiger charge is -2.12. The fraction of sp³-hybridized carbons (Fsp3) is 0.462. The van der Waals surface area contributed by atoms with Gasteiger partial charge in [0.15, 0.2) is 0 Å². The van der Waals surface area contributed by atoms with Crippen molar-refractivity contribution < 1.29 is 9.59 Å². The standard InChI is InChI=1S/C13H17N3O2S3/c1-16(2)13(19)20-6-9(17)15-12-10(11(14)18)7-4-3-5-8(7)21-12/h3-6H2,1-2H3,(H2,14,18)(H,15,17). The van der Waals surface area contributed by atoms with Crippen molar-refractivity contribution in [2.75, 3.05) is 25.2 Å². The summed E-state index contributed by atoms with van der Waals surface area (Å²) in [6.45, 7) is 0. The third kappa shape index (κ3) is 3.75. The summed E-state index contributed by atoms with van der Waals surface area (Å²) < 4.78 is 0.647. The van der Waals surface area contributed by atoms with Gasteiger partial charge in [0, 0.05) is 19.0 Å². The zero-order valence-corrected chi connectivity index (χ0v) is 14.3. The minimum Gasteiger partial charge on any atom is -0.365 e. The van der Waals surface area contributed by atoms with Gasteiger partial charge in [-0.1, -0.05) is 24.0 Å². The molecule has 8 heteroatoms. The zero-order valence-electron chi connectivity index (χ0n) is 11.9. The van der Waals surface area contributed by atoms with Crippen molar-refractivity contribution in [3.63, 3.8) is 0 Å². The maximum absolute atomic E-state index is 12.0. The lowest BCUT2D eigenvalue weighted by Crippen LogP contribution is -2.22. The highest BCUT2D eigenvalue weighted by atomic mass is 32.2. The molecule has 1 heterocycles. The van der Waals surface area contributed by atoms with Gasteiger partial charge in [-0.25, -0.2) is 0 Å². The number of carbonyl (C=O) groups excluding carboxylic acids is 2. The zero-order chi connectivity index (χ0) is 15.6.